The molecule has 1 fully saturated rings. The summed E-state index contributed by atoms with van der Waals surface area (Å²) in [5.41, 5.74) is 0.751. The van der Waals surface area contributed by atoms with Gasteiger partial charge in [0.1, 0.15) is 0 Å². The molecule has 0 amide bonds. The fraction of sp³-hybridized carbons (Fsp3) is 0.562. The van der Waals surface area contributed by atoms with Gasteiger partial charge in [-0.05, 0) is 49.4 Å². The highest BCUT2D eigenvalue weighted by Gasteiger charge is 2.12. The van der Waals surface area contributed by atoms with E-state index in [1.807, 2.05) is 0 Å². The summed E-state index contributed by atoms with van der Waals surface area (Å²) >= 11 is 5.27. The Labute approximate surface area is 155 Å². The van der Waals surface area contributed by atoms with Gasteiger partial charge in [0.05, 0.1) is 18.1 Å². The summed E-state index contributed by atoms with van der Waals surface area (Å²) in [5.74, 6) is 0. The van der Waals surface area contributed by atoms with E-state index in [1.165, 1.54) is 0 Å². The van der Waals surface area contributed by atoms with E-state index in [0.29, 0.717) is 11.7 Å². The Balaban J connectivity index is 1.71. The van der Waals surface area contributed by atoms with E-state index in [1.54, 1.807) is 31.2 Å². The van der Waals surface area contributed by atoms with E-state index in [0.717, 1.165) is 51.5 Å². The molecule has 1 aromatic carbocycles. The molecule has 0 saturated carbocycles. The molecule has 0 radical (unpaired) electrons. The quantitative estimate of drug-likeness (QED) is 0.454. The van der Waals surface area contributed by atoms with Crippen LogP contribution in [-0.4, -0.2) is 64.4 Å². The summed E-state index contributed by atoms with van der Waals surface area (Å²) in [6.45, 7) is 7.53. The molecule has 0 unspecified atom stereocenters. The lowest BCUT2D eigenvalue weighted by Gasteiger charge is -2.26. The number of sulfonamides is 1. The lowest BCUT2D eigenvalue weighted by molar-refractivity contribution is 0.0376. The van der Waals surface area contributed by atoms with E-state index in [-0.39, 0.29) is 4.90 Å². The van der Waals surface area contributed by atoms with Crippen LogP contribution in [0.1, 0.15) is 13.3 Å². The highest BCUT2D eigenvalue weighted by atomic mass is 32.2. The summed E-state index contributed by atoms with van der Waals surface area (Å²) in [6, 6.07) is 6.51. The zero-order valence-electron chi connectivity index (χ0n) is 14.5. The van der Waals surface area contributed by atoms with Crippen molar-refractivity contribution >= 4 is 33.0 Å². The van der Waals surface area contributed by atoms with Gasteiger partial charge in [-0.25, -0.2) is 13.1 Å². The van der Waals surface area contributed by atoms with Crippen LogP contribution in [0, 0.1) is 0 Å². The van der Waals surface area contributed by atoms with Gasteiger partial charge in [0, 0.05) is 31.9 Å². The molecule has 25 heavy (non-hydrogen) atoms. The fourth-order valence-electron chi connectivity index (χ4n) is 2.50. The van der Waals surface area contributed by atoms with Gasteiger partial charge in [0.2, 0.25) is 10.0 Å². The lowest BCUT2D eigenvalue weighted by Crippen LogP contribution is -2.38. The van der Waals surface area contributed by atoms with Gasteiger partial charge in [-0.1, -0.05) is 6.92 Å². The van der Waals surface area contributed by atoms with Crippen LogP contribution in [0.5, 0.6) is 0 Å². The fourth-order valence-corrected chi connectivity index (χ4v) is 3.76. The number of morpholine rings is 1. The van der Waals surface area contributed by atoms with Gasteiger partial charge >= 0.3 is 0 Å². The number of anilines is 1. The number of ether oxygens (including phenoxy) is 1. The Hall–Kier alpha value is -1.26. The van der Waals surface area contributed by atoms with Crippen molar-refractivity contribution in [1.29, 1.82) is 0 Å². The molecule has 7 nitrogen and oxygen atoms in total. The van der Waals surface area contributed by atoms with Crippen molar-refractivity contribution in [1.82, 2.24) is 14.9 Å². The number of rotatable bonds is 8. The van der Waals surface area contributed by atoms with Gasteiger partial charge in [0.25, 0.3) is 0 Å². The first-order valence-corrected chi connectivity index (χ1v) is 10.3. The average molecular weight is 387 g/mol. The Morgan fingerprint density at radius 2 is 1.92 bits per heavy atom. The number of benzene rings is 1. The molecule has 3 N–H and O–H groups in total. The monoisotopic (exact) mass is 386 g/mol. The molecule has 140 valence electrons. The summed E-state index contributed by atoms with van der Waals surface area (Å²) < 4.78 is 31.6. The smallest absolute Gasteiger partial charge is 0.240 e. The number of nitrogens with one attached hydrogen (secondary N) is 3. The highest BCUT2D eigenvalue weighted by molar-refractivity contribution is 7.89. The minimum atomic E-state index is -3.42. The lowest BCUT2D eigenvalue weighted by atomic mass is 10.3. The van der Waals surface area contributed by atoms with Crippen LogP contribution in [0.3, 0.4) is 0 Å². The maximum absolute atomic E-state index is 11.9. The Morgan fingerprint density at radius 1 is 1.24 bits per heavy atom. The van der Waals surface area contributed by atoms with E-state index < -0.39 is 10.0 Å². The van der Waals surface area contributed by atoms with Crippen LogP contribution in [-0.2, 0) is 14.8 Å². The van der Waals surface area contributed by atoms with Crippen LogP contribution in [0.2, 0.25) is 0 Å². The van der Waals surface area contributed by atoms with Gasteiger partial charge < -0.3 is 15.4 Å². The predicted octanol–water partition coefficient (Wildman–Crippen LogP) is 0.994. The van der Waals surface area contributed by atoms with Crippen LogP contribution in [0.25, 0.3) is 0 Å². The van der Waals surface area contributed by atoms with E-state index in [9.17, 15) is 8.42 Å². The van der Waals surface area contributed by atoms with Crippen LogP contribution < -0.4 is 15.4 Å². The van der Waals surface area contributed by atoms with Crippen molar-refractivity contribution in [3.63, 3.8) is 0 Å². The number of hydrogen-bond donors (Lipinski definition) is 3. The Morgan fingerprint density at radius 3 is 2.56 bits per heavy atom. The molecule has 1 heterocycles. The molecule has 0 aliphatic carbocycles. The molecule has 1 aliphatic rings. The highest BCUT2D eigenvalue weighted by Crippen LogP contribution is 2.13. The summed E-state index contributed by atoms with van der Waals surface area (Å²) in [7, 11) is -3.42. The van der Waals surface area contributed by atoms with Crippen LogP contribution in [0.4, 0.5) is 5.69 Å². The summed E-state index contributed by atoms with van der Waals surface area (Å²) in [5, 5.41) is 6.76. The molecular formula is C16H26N4O3S2. The predicted molar refractivity (Wildman–Crippen MR) is 103 cm³/mol. The standard InChI is InChI=1S/C16H26N4O3S2/c1-2-18-25(21,22)15-6-4-14(5-7-15)19-16(24)17-8-3-9-20-10-12-23-13-11-20/h4-7,18H,2-3,8-13H2,1H3,(H2,17,19,24). The average Bonchev–Trinajstić information content (AvgIpc) is 2.60. The van der Waals surface area contributed by atoms with Crippen LogP contribution >= 0.6 is 12.2 Å². The number of thiocarbonyl (C=S) groups is 1. The molecule has 0 atom stereocenters. The minimum absolute atomic E-state index is 0.240. The SMILES string of the molecule is CCNS(=O)(=O)c1ccc(NC(=S)NCCCN2CCOCC2)cc1. The zero-order valence-corrected chi connectivity index (χ0v) is 16.1. The second kappa shape index (κ2) is 10.0. The first-order valence-electron chi connectivity index (χ1n) is 8.46. The number of hydrogen-bond acceptors (Lipinski definition) is 5. The molecule has 1 aliphatic heterocycles. The maximum atomic E-state index is 11.9. The topological polar surface area (TPSA) is 82.7 Å². The molecule has 2 rings (SSSR count). The van der Waals surface area contributed by atoms with Crippen molar-refractivity contribution in [3.05, 3.63) is 24.3 Å². The van der Waals surface area contributed by atoms with E-state index in [2.05, 4.69) is 20.3 Å². The second-order valence-corrected chi connectivity index (χ2v) is 7.89. The van der Waals surface area contributed by atoms with Crippen LogP contribution in [0.15, 0.2) is 29.2 Å². The molecule has 1 aromatic rings. The van der Waals surface area contributed by atoms with Gasteiger partial charge in [-0.2, -0.15) is 0 Å². The van der Waals surface area contributed by atoms with E-state index >= 15 is 0 Å². The molecule has 1 saturated heterocycles. The largest absolute Gasteiger partial charge is 0.379 e. The summed E-state index contributed by atoms with van der Waals surface area (Å²) in [6.07, 6.45) is 1.00. The van der Waals surface area contributed by atoms with Gasteiger partial charge in [-0.3, -0.25) is 4.90 Å². The van der Waals surface area contributed by atoms with Crippen molar-refractivity contribution in [2.24, 2.45) is 0 Å². The van der Waals surface area contributed by atoms with Crippen molar-refractivity contribution in [2.75, 3.05) is 51.3 Å². The van der Waals surface area contributed by atoms with Crippen molar-refractivity contribution < 1.29 is 13.2 Å². The Bertz CT molecular complexity index is 644. The van der Waals surface area contributed by atoms with E-state index in [4.69, 9.17) is 17.0 Å². The minimum Gasteiger partial charge on any atom is -0.379 e. The van der Waals surface area contributed by atoms with Gasteiger partial charge in [0.15, 0.2) is 5.11 Å². The normalized spacial score (nSPS) is 15.7. The summed E-state index contributed by atoms with van der Waals surface area (Å²) in [4.78, 5) is 2.62. The maximum Gasteiger partial charge on any atom is 0.240 e. The van der Waals surface area contributed by atoms with Gasteiger partial charge in [-0.15, -0.1) is 0 Å². The zero-order chi connectivity index (χ0) is 18.1. The molecular weight excluding hydrogens is 360 g/mol. The van der Waals surface area contributed by atoms with Crippen molar-refractivity contribution in [3.8, 4) is 0 Å². The second-order valence-electron chi connectivity index (χ2n) is 5.71. The third kappa shape index (κ3) is 6.87. The third-order valence-corrected chi connectivity index (χ3v) is 5.61. The first kappa shape index (κ1) is 20.1. The van der Waals surface area contributed by atoms with Crippen molar-refractivity contribution in [2.45, 2.75) is 18.2 Å². The molecule has 0 spiro atoms. The molecule has 9 heteroatoms. The molecule has 0 aromatic heterocycles. The third-order valence-electron chi connectivity index (χ3n) is 3.80. The molecule has 0 bridgehead atoms. The number of nitrogens with zero attached hydrogens (tertiary/aromatic N) is 1. The first-order chi connectivity index (χ1) is 12.0. The Kier molecular flexibility index (Phi) is 8.04.